The van der Waals surface area contributed by atoms with E-state index in [1.807, 2.05) is 6.07 Å². The van der Waals surface area contributed by atoms with Gasteiger partial charge in [-0.25, -0.2) is 13.2 Å². The summed E-state index contributed by atoms with van der Waals surface area (Å²) in [7, 11) is -4.07. The van der Waals surface area contributed by atoms with Crippen LogP contribution < -0.4 is 4.90 Å². The predicted octanol–water partition coefficient (Wildman–Crippen LogP) is 3.47. The molecule has 2 aromatic carbocycles. The Bertz CT molecular complexity index is 980. The van der Waals surface area contributed by atoms with E-state index in [4.69, 9.17) is 4.74 Å². The molecule has 0 saturated heterocycles. The molecule has 146 valence electrons. The van der Waals surface area contributed by atoms with E-state index in [2.05, 4.69) is 0 Å². The number of hydrogen-bond donors (Lipinski definition) is 0. The minimum absolute atomic E-state index is 0.0193. The van der Waals surface area contributed by atoms with Crippen LogP contribution in [0.5, 0.6) is 0 Å². The zero-order valence-electron chi connectivity index (χ0n) is 15.6. The van der Waals surface area contributed by atoms with Crippen LogP contribution in [-0.2, 0) is 24.2 Å². The fourth-order valence-corrected chi connectivity index (χ4v) is 3.68. The van der Waals surface area contributed by atoms with Crippen molar-refractivity contribution >= 4 is 27.4 Å². The average Bonchev–Trinajstić information content (AvgIpc) is 2.69. The van der Waals surface area contributed by atoms with Crippen molar-refractivity contribution in [2.75, 3.05) is 11.5 Å². The molecule has 6 nitrogen and oxygen atoms in total. The standard InChI is InChI=1S/C21H21NO5S/c1-3-27-21(24)20(28(25,26)19-13-8-5-9-14-19)15-10-16-22(17(2)23)18-11-6-4-7-12-18/h4-16H,3H2,1-2H3/b16-10+,20-15-. The summed E-state index contributed by atoms with van der Waals surface area (Å²) in [5.74, 6) is -1.22. The van der Waals surface area contributed by atoms with Crippen molar-refractivity contribution in [3.63, 3.8) is 0 Å². The number of anilines is 1. The summed E-state index contributed by atoms with van der Waals surface area (Å²) in [5, 5.41) is 0. The summed E-state index contributed by atoms with van der Waals surface area (Å²) < 4.78 is 30.6. The molecule has 0 N–H and O–H groups in total. The van der Waals surface area contributed by atoms with Gasteiger partial charge in [0, 0.05) is 18.8 Å². The van der Waals surface area contributed by atoms with Crippen LogP contribution >= 0.6 is 0 Å². The van der Waals surface area contributed by atoms with E-state index in [1.54, 1.807) is 49.4 Å². The number of rotatable bonds is 7. The molecule has 0 bridgehead atoms. The molecule has 0 aromatic heterocycles. The molecule has 0 fully saturated rings. The largest absolute Gasteiger partial charge is 0.462 e. The van der Waals surface area contributed by atoms with Crippen LogP contribution in [-0.4, -0.2) is 26.9 Å². The fraction of sp³-hybridized carbons (Fsp3) is 0.143. The Morgan fingerprint density at radius 2 is 1.57 bits per heavy atom. The lowest BCUT2D eigenvalue weighted by Crippen LogP contribution is -2.21. The topological polar surface area (TPSA) is 80.8 Å². The minimum atomic E-state index is -4.07. The lowest BCUT2D eigenvalue weighted by atomic mass is 10.3. The lowest BCUT2D eigenvalue weighted by molar-refractivity contribution is -0.137. The van der Waals surface area contributed by atoms with E-state index in [-0.39, 0.29) is 17.4 Å². The Morgan fingerprint density at radius 1 is 1.00 bits per heavy atom. The molecule has 0 radical (unpaired) electrons. The summed E-state index contributed by atoms with van der Waals surface area (Å²) in [5.41, 5.74) is 0.614. The van der Waals surface area contributed by atoms with Crippen molar-refractivity contribution < 1.29 is 22.7 Å². The SMILES string of the molecule is CCOC(=O)/C(=C/C=C/N(C(C)=O)c1ccccc1)S(=O)(=O)c1ccccc1. The van der Waals surface area contributed by atoms with Crippen molar-refractivity contribution in [2.45, 2.75) is 18.7 Å². The number of hydrogen-bond acceptors (Lipinski definition) is 5. The maximum Gasteiger partial charge on any atom is 0.350 e. The molecule has 0 aliphatic rings. The van der Waals surface area contributed by atoms with E-state index in [1.165, 1.54) is 36.2 Å². The Balaban J connectivity index is 2.43. The smallest absolute Gasteiger partial charge is 0.350 e. The van der Waals surface area contributed by atoms with E-state index >= 15 is 0 Å². The van der Waals surface area contributed by atoms with E-state index in [9.17, 15) is 18.0 Å². The Hall–Kier alpha value is -3.19. The summed E-state index contributed by atoms with van der Waals surface area (Å²) in [6.07, 6.45) is 3.87. The van der Waals surface area contributed by atoms with Gasteiger partial charge in [-0.05, 0) is 43.3 Å². The van der Waals surface area contributed by atoms with Gasteiger partial charge in [-0.2, -0.15) is 0 Å². The van der Waals surface area contributed by atoms with Gasteiger partial charge in [0.15, 0.2) is 4.91 Å². The predicted molar refractivity (Wildman–Crippen MR) is 107 cm³/mol. The highest BCUT2D eigenvalue weighted by Gasteiger charge is 2.27. The van der Waals surface area contributed by atoms with Gasteiger partial charge in [0.1, 0.15) is 0 Å². The molecule has 28 heavy (non-hydrogen) atoms. The maximum atomic E-state index is 12.8. The molecule has 0 heterocycles. The third-order valence-corrected chi connectivity index (χ3v) is 5.45. The fourth-order valence-electron chi connectivity index (χ4n) is 2.37. The molecular formula is C21H21NO5S. The van der Waals surface area contributed by atoms with Gasteiger partial charge in [0.2, 0.25) is 15.7 Å². The maximum absolute atomic E-state index is 12.8. The summed E-state index contributed by atoms with van der Waals surface area (Å²) in [6, 6.07) is 16.5. The van der Waals surface area contributed by atoms with Crippen molar-refractivity contribution in [3.8, 4) is 0 Å². The summed E-state index contributed by atoms with van der Waals surface area (Å²) in [4.78, 5) is 25.0. The summed E-state index contributed by atoms with van der Waals surface area (Å²) >= 11 is 0. The number of esters is 1. The first-order chi connectivity index (χ1) is 13.4. The van der Waals surface area contributed by atoms with Crippen LogP contribution in [0.1, 0.15) is 13.8 Å². The number of para-hydroxylation sites is 1. The summed E-state index contributed by atoms with van der Waals surface area (Å²) in [6.45, 7) is 3.01. The zero-order valence-corrected chi connectivity index (χ0v) is 16.4. The van der Waals surface area contributed by atoms with Gasteiger partial charge in [0.25, 0.3) is 0 Å². The third-order valence-electron chi connectivity index (χ3n) is 3.68. The van der Waals surface area contributed by atoms with Crippen molar-refractivity contribution in [2.24, 2.45) is 0 Å². The number of nitrogens with zero attached hydrogens (tertiary/aromatic N) is 1. The molecule has 0 spiro atoms. The molecule has 0 saturated carbocycles. The van der Waals surface area contributed by atoms with Gasteiger partial charge in [-0.3, -0.25) is 9.69 Å². The number of carbonyl (C=O) groups excluding carboxylic acids is 2. The van der Waals surface area contributed by atoms with Crippen molar-refractivity contribution in [3.05, 3.63) is 83.9 Å². The number of benzene rings is 2. The highest BCUT2D eigenvalue weighted by molar-refractivity contribution is 7.96. The minimum Gasteiger partial charge on any atom is -0.462 e. The molecule has 0 atom stereocenters. The van der Waals surface area contributed by atoms with E-state index < -0.39 is 20.7 Å². The molecule has 2 rings (SSSR count). The second kappa shape index (κ2) is 9.66. The highest BCUT2D eigenvalue weighted by Crippen LogP contribution is 2.21. The van der Waals surface area contributed by atoms with Gasteiger partial charge in [-0.15, -0.1) is 0 Å². The number of amides is 1. The van der Waals surface area contributed by atoms with Gasteiger partial charge in [0.05, 0.1) is 11.5 Å². The zero-order chi connectivity index (χ0) is 20.6. The second-order valence-corrected chi connectivity index (χ2v) is 7.55. The first kappa shape index (κ1) is 21.1. The average molecular weight is 399 g/mol. The van der Waals surface area contributed by atoms with E-state index in [0.29, 0.717) is 5.69 Å². The molecule has 0 unspecified atom stereocenters. The Kier molecular flexibility index (Phi) is 7.28. The molecule has 1 amide bonds. The van der Waals surface area contributed by atoms with Crippen LogP contribution in [0, 0.1) is 0 Å². The van der Waals surface area contributed by atoms with Gasteiger partial charge in [-0.1, -0.05) is 36.4 Å². The molecule has 0 aliphatic carbocycles. The molecule has 0 aliphatic heterocycles. The number of sulfone groups is 1. The number of carbonyl (C=O) groups is 2. The van der Waals surface area contributed by atoms with Gasteiger partial charge >= 0.3 is 5.97 Å². The second-order valence-electron chi connectivity index (χ2n) is 5.63. The Morgan fingerprint density at radius 3 is 2.11 bits per heavy atom. The third kappa shape index (κ3) is 5.17. The van der Waals surface area contributed by atoms with E-state index in [0.717, 1.165) is 6.08 Å². The van der Waals surface area contributed by atoms with Crippen LogP contribution in [0.25, 0.3) is 0 Å². The quantitative estimate of drug-likeness (QED) is 0.405. The number of ether oxygens (including phenoxy) is 1. The Labute approximate surface area is 164 Å². The normalized spacial score (nSPS) is 12.0. The lowest BCUT2D eigenvalue weighted by Gasteiger charge is -2.15. The van der Waals surface area contributed by atoms with Crippen LogP contribution in [0.2, 0.25) is 0 Å². The van der Waals surface area contributed by atoms with Crippen LogP contribution in [0.3, 0.4) is 0 Å². The molecule has 7 heteroatoms. The van der Waals surface area contributed by atoms with Crippen molar-refractivity contribution in [1.82, 2.24) is 0 Å². The van der Waals surface area contributed by atoms with Crippen LogP contribution in [0.15, 0.2) is 88.8 Å². The molecule has 2 aromatic rings. The first-order valence-corrected chi connectivity index (χ1v) is 10.1. The van der Waals surface area contributed by atoms with Crippen LogP contribution in [0.4, 0.5) is 5.69 Å². The highest BCUT2D eigenvalue weighted by atomic mass is 32.2. The molecular weight excluding hydrogens is 378 g/mol. The monoisotopic (exact) mass is 399 g/mol. The number of allylic oxidation sites excluding steroid dienone is 2. The van der Waals surface area contributed by atoms with Gasteiger partial charge < -0.3 is 4.74 Å². The van der Waals surface area contributed by atoms with Crippen molar-refractivity contribution in [1.29, 1.82) is 0 Å². The first-order valence-electron chi connectivity index (χ1n) is 8.58.